The van der Waals surface area contributed by atoms with E-state index in [9.17, 15) is 18.3 Å². The van der Waals surface area contributed by atoms with Gasteiger partial charge in [-0.2, -0.15) is 0 Å². The number of carbonyl (C=O) groups is 1. The maximum atomic E-state index is 12.3. The van der Waals surface area contributed by atoms with Crippen LogP contribution in [0.4, 0.5) is 0 Å². The van der Waals surface area contributed by atoms with Crippen LogP contribution in [0.5, 0.6) is 0 Å². The highest BCUT2D eigenvalue weighted by molar-refractivity contribution is 7.90. The minimum absolute atomic E-state index is 0.0907. The van der Waals surface area contributed by atoms with Crippen LogP contribution in [0, 0.1) is 11.8 Å². The van der Waals surface area contributed by atoms with Crippen LogP contribution in [0.2, 0.25) is 0 Å². The topological polar surface area (TPSA) is 74.7 Å². The highest BCUT2D eigenvalue weighted by Crippen LogP contribution is 2.24. The van der Waals surface area contributed by atoms with Crippen molar-refractivity contribution in [2.75, 3.05) is 25.9 Å². The second-order valence-corrected chi connectivity index (χ2v) is 9.36. The van der Waals surface area contributed by atoms with Gasteiger partial charge >= 0.3 is 5.97 Å². The summed E-state index contributed by atoms with van der Waals surface area (Å²) in [5.41, 5.74) is 0.706. The Bertz CT molecular complexity index is 637. The molecule has 0 aromatic heterocycles. The lowest BCUT2D eigenvalue weighted by molar-refractivity contribution is -0.141. The van der Waals surface area contributed by atoms with Gasteiger partial charge < -0.3 is 10.0 Å². The maximum absolute atomic E-state index is 12.3. The van der Waals surface area contributed by atoms with E-state index in [2.05, 4.69) is 11.9 Å². The molecule has 140 valence electrons. The van der Waals surface area contributed by atoms with Crippen molar-refractivity contribution in [3.63, 3.8) is 0 Å². The summed E-state index contributed by atoms with van der Waals surface area (Å²) in [6, 6.07) is 8.93. The number of benzene rings is 1. The van der Waals surface area contributed by atoms with Gasteiger partial charge in [-0.25, -0.2) is 8.42 Å². The number of carboxylic acids is 1. The first kappa shape index (κ1) is 19.9. The molecule has 5 nitrogen and oxygen atoms in total. The molecular weight excluding hydrogens is 338 g/mol. The van der Waals surface area contributed by atoms with Crippen LogP contribution in [-0.2, 0) is 20.4 Å². The monoisotopic (exact) mass is 367 g/mol. The summed E-state index contributed by atoms with van der Waals surface area (Å²) >= 11 is 0. The molecule has 0 spiro atoms. The molecule has 2 rings (SSSR count). The molecule has 1 aromatic rings. The second kappa shape index (κ2) is 9.34. The second-order valence-electron chi connectivity index (χ2n) is 7.25. The Morgan fingerprint density at radius 1 is 1.24 bits per heavy atom. The molecule has 0 unspecified atom stereocenters. The Hall–Kier alpha value is -1.40. The molecule has 6 heteroatoms. The summed E-state index contributed by atoms with van der Waals surface area (Å²) in [7, 11) is -1.31. The van der Waals surface area contributed by atoms with E-state index in [0.29, 0.717) is 17.9 Å². The Morgan fingerprint density at radius 3 is 2.48 bits per heavy atom. The molecule has 0 amide bonds. The summed E-state index contributed by atoms with van der Waals surface area (Å²) in [6.45, 7) is 2.19. The normalized spacial score (nSPS) is 18.1. The number of nitrogens with zero attached hydrogens (tertiary/aromatic N) is 1. The van der Waals surface area contributed by atoms with Crippen LogP contribution in [-0.4, -0.2) is 50.3 Å². The molecule has 1 atom stereocenters. The number of hydrogen-bond donors (Lipinski definition) is 1. The molecule has 1 fully saturated rings. The maximum Gasteiger partial charge on any atom is 0.307 e. The smallest absolute Gasteiger partial charge is 0.307 e. The Labute approximate surface area is 151 Å². The van der Waals surface area contributed by atoms with Crippen molar-refractivity contribution in [3.8, 4) is 0 Å². The highest BCUT2D eigenvalue weighted by Gasteiger charge is 2.26. The molecule has 1 saturated heterocycles. The van der Waals surface area contributed by atoms with Gasteiger partial charge in [-0.15, -0.1) is 0 Å². The third-order valence-electron chi connectivity index (χ3n) is 5.04. The number of sulfone groups is 1. The lowest BCUT2D eigenvalue weighted by atomic mass is 9.90. The molecule has 1 aromatic carbocycles. The number of rotatable bonds is 9. The number of likely N-dealkylation sites (tertiary alicyclic amines) is 1. The molecule has 0 bridgehead atoms. The fourth-order valence-electron chi connectivity index (χ4n) is 3.48. The fourth-order valence-corrected chi connectivity index (χ4v) is 5.22. The van der Waals surface area contributed by atoms with E-state index in [1.165, 1.54) is 0 Å². The van der Waals surface area contributed by atoms with E-state index in [1.54, 1.807) is 24.3 Å². The first-order valence-corrected chi connectivity index (χ1v) is 10.8. The van der Waals surface area contributed by atoms with E-state index in [4.69, 9.17) is 0 Å². The largest absolute Gasteiger partial charge is 0.481 e. The highest BCUT2D eigenvalue weighted by atomic mass is 32.2. The lowest BCUT2D eigenvalue weighted by Gasteiger charge is -2.29. The third kappa shape index (κ3) is 7.16. The van der Waals surface area contributed by atoms with Gasteiger partial charge in [0.25, 0.3) is 0 Å². The van der Waals surface area contributed by atoms with Gasteiger partial charge in [0.1, 0.15) is 0 Å². The summed E-state index contributed by atoms with van der Waals surface area (Å²) in [5, 5.41) is 9.40. The van der Waals surface area contributed by atoms with Crippen molar-refractivity contribution in [3.05, 3.63) is 35.9 Å². The summed E-state index contributed by atoms with van der Waals surface area (Å²) < 4.78 is 24.7. The molecule has 0 radical (unpaired) electrons. The van der Waals surface area contributed by atoms with Crippen LogP contribution < -0.4 is 0 Å². The lowest BCUT2D eigenvalue weighted by Crippen LogP contribution is -2.30. The first-order chi connectivity index (χ1) is 11.9. The predicted octanol–water partition coefficient (Wildman–Crippen LogP) is 2.81. The van der Waals surface area contributed by atoms with Crippen molar-refractivity contribution in [2.24, 2.45) is 11.8 Å². The van der Waals surface area contributed by atoms with Gasteiger partial charge in [0.15, 0.2) is 9.84 Å². The zero-order chi connectivity index (χ0) is 18.3. The fraction of sp³-hybridized carbons (Fsp3) is 0.632. The average Bonchev–Trinajstić information content (AvgIpc) is 2.56. The van der Waals surface area contributed by atoms with Gasteiger partial charge in [-0.1, -0.05) is 43.2 Å². The van der Waals surface area contributed by atoms with Gasteiger partial charge in [0.2, 0.25) is 0 Å². The van der Waals surface area contributed by atoms with Gasteiger partial charge in [0, 0.05) is 0 Å². The van der Waals surface area contributed by atoms with Crippen molar-refractivity contribution in [1.82, 2.24) is 4.90 Å². The van der Waals surface area contributed by atoms with Gasteiger partial charge in [-0.05, 0) is 50.9 Å². The molecular formula is C19H29NO4S. The van der Waals surface area contributed by atoms with Crippen molar-refractivity contribution >= 4 is 15.8 Å². The minimum Gasteiger partial charge on any atom is -0.481 e. The number of carboxylic acid groups (broad SMARTS) is 1. The molecule has 1 heterocycles. The van der Waals surface area contributed by atoms with Crippen LogP contribution in [0.25, 0.3) is 0 Å². The molecule has 1 aliphatic heterocycles. The van der Waals surface area contributed by atoms with Gasteiger partial charge in [0.05, 0.1) is 17.4 Å². The molecule has 0 saturated carbocycles. The average molecular weight is 368 g/mol. The third-order valence-corrected chi connectivity index (χ3v) is 6.72. The number of aliphatic carboxylic acids is 1. The SMILES string of the molecule is CN1CCC(CCC[C@@H](CS(=O)(=O)Cc2ccccc2)C(=O)O)CC1. The first-order valence-electron chi connectivity index (χ1n) is 9.01. The quantitative estimate of drug-likeness (QED) is 0.726. The predicted molar refractivity (Wildman–Crippen MR) is 99.1 cm³/mol. The van der Waals surface area contributed by atoms with E-state index in [0.717, 1.165) is 38.8 Å². The number of piperidine rings is 1. The summed E-state index contributed by atoms with van der Waals surface area (Å²) in [6.07, 6.45) is 4.53. The van der Waals surface area contributed by atoms with E-state index < -0.39 is 21.7 Å². The molecule has 1 N–H and O–H groups in total. The van der Waals surface area contributed by atoms with Crippen molar-refractivity contribution < 1.29 is 18.3 Å². The van der Waals surface area contributed by atoms with E-state index in [1.807, 2.05) is 6.07 Å². The molecule has 0 aliphatic carbocycles. The zero-order valence-corrected chi connectivity index (χ0v) is 15.7. The Morgan fingerprint density at radius 2 is 1.88 bits per heavy atom. The van der Waals surface area contributed by atoms with Crippen LogP contribution in [0.15, 0.2) is 30.3 Å². The van der Waals surface area contributed by atoms with Gasteiger partial charge in [-0.3, -0.25) is 4.79 Å². The summed E-state index contributed by atoms with van der Waals surface area (Å²) in [5.74, 6) is -1.52. The van der Waals surface area contributed by atoms with Crippen LogP contribution >= 0.6 is 0 Å². The molecule has 25 heavy (non-hydrogen) atoms. The zero-order valence-electron chi connectivity index (χ0n) is 14.9. The van der Waals surface area contributed by atoms with E-state index in [-0.39, 0.29) is 11.5 Å². The summed E-state index contributed by atoms with van der Waals surface area (Å²) in [4.78, 5) is 13.8. The molecule has 1 aliphatic rings. The van der Waals surface area contributed by atoms with E-state index >= 15 is 0 Å². The van der Waals surface area contributed by atoms with Crippen LogP contribution in [0.3, 0.4) is 0 Å². The Balaban J connectivity index is 1.82. The minimum atomic E-state index is -3.43. The van der Waals surface area contributed by atoms with Crippen molar-refractivity contribution in [2.45, 2.75) is 37.9 Å². The Kier molecular flexibility index (Phi) is 7.44. The van der Waals surface area contributed by atoms with Crippen molar-refractivity contribution in [1.29, 1.82) is 0 Å². The standard InChI is InChI=1S/C19H29NO4S/c1-20-12-10-16(11-13-20)8-5-9-18(19(21)22)15-25(23,24)14-17-6-3-2-4-7-17/h2-4,6-7,16,18H,5,8-15H2,1H3,(H,21,22)/t18-/m0/s1. The van der Waals surface area contributed by atoms with Crippen LogP contribution in [0.1, 0.15) is 37.7 Å². The number of hydrogen-bond acceptors (Lipinski definition) is 4.